The predicted molar refractivity (Wildman–Crippen MR) is 66.4 cm³/mol. The van der Waals surface area contributed by atoms with E-state index in [9.17, 15) is 14.9 Å². The number of rotatable bonds is 6. The smallest absolute Gasteiger partial charge is 0.306 e. The average molecular weight is 271 g/mol. The molecule has 0 bridgehead atoms. The Hall–Kier alpha value is -1.60. The topological polar surface area (TPSA) is 89.7 Å². The molecule has 1 aromatic rings. The summed E-state index contributed by atoms with van der Waals surface area (Å²) in [6.07, 6.45) is 0.270. The molecule has 0 amide bonds. The number of methoxy groups -OCH3 is 1. The summed E-state index contributed by atoms with van der Waals surface area (Å²) in [5.74, 6) is 0.224. The standard InChI is InChI=1S/C11H13NO5S/c1-17-11(14)4-5-18-9-2-3-10(12(15)16)8(6-9)7-13/h2-3,6,13H,4-5,7H2,1H3. The van der Waals surface area contributed by atoms with Crippen LogP contribution in [0.15, 0.2) is 23.1 Å². The zero-order valence-electron chi connectivity index (χ0n) is 9.79. The number of benzene rings is 1. The van der Waals surface area contributed by atoms with Crippen LogP contribution in [0.4, 0.5) is 5.69 Å². The number of aliphatic hydroxyl groups excluding tert-OH is 1. The van der Waals surface area contributed by atoms with Gasteiger partial charge in [0.1, 0.15) is 0 Å². The molecule has 0 radical (unpaired) electrons. The van der Waals surface area contributed by atoms with Gasteiger partial charge in [0.05, 0.1) is 30.6 Å². The first kappa shape index (κ1) is 14.5. The number of carbonyl (C=O) groups is 1. The van der Waals surface area contributed by atoms with Crippen LogP contribution in [0.2, 0.25) is 0 Å². The van der Waals surface area contributed by atoms with Gasteiger partial charge in [0.15, 0.2) is 0 Å². The van der Waals surface area contributed by atoms with Crippen molar-refractivity contribution in [3.63, 3.8) is 0 Å². The highest BCUT2D eigenvalue weighted by Crippen LogP contribution is 2.26. The summed E-state index contributed by atoms with van der Waals surface area (Å²) in [5, 5.41) is 19.7. The van der Waals surface area contributed by atoms with Crippen LogP contribution in [0, 0.1) is 10.1 Å². The number of thioether (sulfide) groups is 1. The van der Waals surface area contributed by atoms with Crippen molar-refractivity contribution in [1.82, 2.24) is 0 Å². The fraction of sp³-hybridized carbons (Fsp3) is 0.364. The Morgan fingerprint density at radius 2 is 2.28 bits per heavy atom. The zero-order valence-corrected chi connectivity index (χ0v) is 10.6. The Kier molecular flexibility index (Phi) is 5.60. The summed E-state index contributed by atoms with van der Waals surface area (Å²) < 4.78 is 4.50. The van der Waals surface area contributed by atoms with Gasteiger partial charge in [0, 0.05) is 16.7 Å². The van der Waals surface area contributed by atoms with Crippen LogP contribution in [-0.2, 0) is 16.1 Å². The lowest BCUT2D eigenvalue weighted by Gasteiger charge is -2.04. The van der Waals surface area contributed by atoms with E-state index in [4.69, 9.17) is 5.11 Å². The van der Waals surface area contributed by atoms with Gasteiger partial charge in [-0.15, -0.1) is 11.8 Å². The molecule has 98 valence electrons. The third kappa shape index (κ3) is 4.01. The molecule has 7 heteroatoms. The van der Waals surface area contributed by atoms with Crippen LogP contribution in [0.5, 0.6) is 0 Å². The molecule has 0 spiro atoms. The largest absolute Gasteiger partial charge is 0.469 e. The van der Waals surface area contributed by atoms with Crippen molar-refractivity contribution in [3.05, 3.63) is 33.9 Å². The Morgan fingerprint density at radius 3 is 2.83 bits per heavy atom. The molecular formula is C11H13NO5S. The summed E-state index contributed by atoms with van der Waals surface area (Å²) >= 11 is 1.38. The molecule has 0 unspecified atom stereocenters. The van der Waals surface area contributed by atoms with E-state index in [1.54, 1.807) is 12.1 Å². The molecule has 0 aliphatic rings. The zero-order chi connectivity index (χ0) is 13.5. The molecule has 18 heavy (non-hydrogen) atoms. The number of hydrogen-bond acceptors (Lipinski definition) is 6. The second kappa shape index (κ2) is 6.97. The van der Waals surface area contributed by atoms with Gasteiger partial charge >= 0.3 is 5.97 Å². The Bertz CT molecular complexity index is 449. The van der Waals surface area contributed by atoms with Crippen molar-refractivity contribution in [2.75, 3.05) is 12.9 Å². The maximum atomic E-state index is 10.9. The van der Waals surface area contributed by atoms with Gasteiger partial charge in [-0.1, -0.05) is 0 Å². The van der Waals surface area contributed by atoms with Gasteiger partial charge in [0.25, 0.3) is 5.69 Å². The van der Waals surface area contributed by atoms with E-state index in [0.29, 0.717) is 5.75 Å². The first-order valence-corrected chi connectivity index (χ1v) is 6.15. The Morgan fingerprint density at radius 1 is 1.56 bits per heavy atom. The molecular weight excluding hydrogens is 258 g/mol. The number of nitro groups is 1. The minimum atomic E-state index is -0.533. The van der Waals surface area contributed by atoms with Crippen molar-refractivity contribution >= 4 is 23.4 Å². The third-order valence-corrected chi connectivity index (χ3v) is 3.22. The number of aliphatic hydroxyl groups is 1. The number of nitro benzene ring substituents is 1. The van der Waals surface area contributed by atoms with Crippen LogP contribution in [0.25, 0.3) is 0 Å². The lowest BCUT2D eigenvalue weighted by molar-refractivity contribution is -0.385. The summed E-state index contributed by atoms with van der Waals surface area (Å²) in [5.41, 5.74) is 0.165. The van der Waals surface area contributed by atoms with E-state index >= 15 is 0 Å². The minimum absolute atomic E-state index is 0.102. The van der Waals surface area contributed by atoms with E-state index in [2.05, 4.69) is 4.74 Å². The van der Waals surface area contributed by atoms with Crippen LogP contribution < -0.4 is 0 Å². The highest BCUT2D eigenvalue weighted by atomic mass is 32.2. The second-order valence-corrected chi connectivity index (χ2v) is 4.55. The highest BCUT2D eigenvalue weighted by Gasteiger charge is 2.13. The molecule has 1 aromatic carbocycles. The molecule has 0 saturated carbocycles. The molecule has 6 nitrogen and oxygen atoms in total. The van der Waals surface area contributed by atoms with E-state index in [1.165, 1.54) is 24.9 Å². The molecule has 0 aromatic heterocycles. The lowest BCUT2D eigenvalue weighted by atomic mass is 10.2. The fourth-order valence-corrected chi connectivity index (χ4v) is 2.20. The quantitative estimate of drug-likeness (QED) is 0.367. The van der Waals surface area contributed by atoms with E-state index in [1.807, 2.05) is 0 Å². The Labute approximate surface area is 108 Å². The van der Waals surface area contributed by atoms with Gasteiger partial charge < -0.3 is 9.84 Å². The summed E-state index contributed by atoms with van der Waals surface area (Å²) in [6.45, 7) is -0.387. The molecule has 0 aliphatic carbocycles. The van der Waals surface area contributed by atoms with Crippen molar-refractivity contribution in [3.8, 4) is 0 Å². The second-order valence-electron chi connectivity index (χ2n) is 3.38. The number of esters is 1. The summed E-state index contributed by atoms with van der Waals surface area (Å²) in [7, 11) is 1.32. The summed E-state index contributed by atoms with van der Waals surface area (Å²) in [4.78, 5) is 21.8. The minimum Gasteiger partial charge on any atom is -0.469 e. The van der Waals surface area contributed by atoms with Gasteiger partial charge in [-0.25, -0.2) is 0 Å². The van der Waals surface area contributed by atoms with E-state index in [0.717, 1.165) is 4.90 Å². The SMILES string of the molecule is COC(=O)CCSc1ccc([N+](=O)[O-])c(CO)c1. The van der Waals surface area contributed by atoms with E-state index < -0.39 is 4.92 Å². The third-order valence-electron chi connectivity index (χ3n) is 2.22. The monoisotopic (exact) mass is 271 g/mol. The maximum Gasteiger partial charge on any atom is 0.306 e. The van der Waals surface area contributed by atoms with Crippen molar-refractivity contribution in [2.45, 2.75) is 17.9 Å². The molecule has 0 atom stereocenters. The highest BCUT2D eigenvalue weighted by molar-refractivity contribution is 7.99. The number of carbonyl (C=O) groups excluding carboxylic acids is 1. The number of nitrogens with zero attached hydrogens (tertiary/aromatic N) is 1. The first-order chi connectivity index (χ1) is 8.58. The van der Waals surface area contributed by atoms with Crippen LogP contribution in [-0.4, -0.2) is 28.9 Å². The molecule has 1 N–H and O–H groups in total. The van der Waals surface area contributed by atoms with Gasteiger partial charge in [-0.2, -0.15) is 0 Å². The van der Waals surface area contributed by atoms with Crippen molar-refractivity contribution in [2.24, 2.45) is 0 Å². The van der Waals surface area contributed by atoms with Crippen molar-refractivity contribution in [1.29, 1.82) is 0 Å². The average Bonchev–Trinajstić information content (AvgIpc) is 2.37. The molecule has 0 aliphatic heterocycles. The van der Waals surface area contributed by atoms with Crippen LogP contribution >= 0.6 is 11.8 Å². The summed E-state index contributed by atoms with van der Waals surface area (Å²) in [6, 6.07) is 4.51. The predicted octanol–water partition coefficient (Wildman–Crippen LogP) is 1.74. The van der Waals surface area contributed by atoms with Gasteiger partial charge in [-0.05, 0) is 12.1 Å². The Balaban J connectivity index is 2.68. The van der Waals surface area contributed by atoms with Crippen molar-refractivity contribution < 1.29 is 19.6 Å². The molecule has 0 heterocycles. The molecule has 1 rings (SSSR count). The molecule has 0 fully saturated rings. The van der Waals surface area contributed by atoms with E-state index in [-0.39, 0.29) is 30.2 Å². The lowest BCUT2D eigenvalue weighted by Crippen LogP contribution is -2.01. The molecule has 0 saturated heterocycles. The fourth-order valence-electron chi connectivity index (χ4n) is 1.31. The number of hydrogen-bond donors (Lipinski definition) is 1. The van der Waals surface area contributed by atoms with Crippen LogP contribution in [0.1, 0.15) is 12.0 Å². The first-order valence-electron chi connectivity index (χ1n) is 5.16. The van der Waals surface area contributed by atoms with Crippen LogP contribution in [0.3, 0.4) is 0 Å². The maximum absolute atomic E-state index is 10.9. The number of ether oxygens (including phenoxy) is 1. The normalized spacial score (nSPS) is 10.1. The van der Waals surface area contributed by atoms with Gasteiger partial charge in [0.2, 0.25) is 0 Å². The van der Waals surface area contributed by atoms with Gasteiger partial charge in [-0.3, -0.25) is 14.9 Å².